The van der Waals surface area contributed by atoms with Crippen LogP contribution in [0.5, 0.6) is 5.75 Å². The van der Waals surface area contributed by atoms with Crippen molar-refractivity contribution in [1.29, 1.82) is 0 Å². The second-order valence-corrected chi connectivity index (χ2v) is 6.67. The summed E-state index contributed by atoms with van der Waals surface area (Å²) < 4.78 is 32.5. The predicted molar refractivity (Wildman–Crippen MR) is 95.7 cm³/mol. The molecule has 1 fully saturated rings. The molecule has 0 spiro atoms. The Labute approximate surface area is 148 Å². The zero-order chi connectivity index (χ0) is 17.8. The third-order valence-electron chi connectivity index (χ3n) is 4.95. The minimum atomic E-state index is -0.975. The Balaban J connectivity index is 1.64. The molecule has 2 aromatic rings. The average Bonchev–Trinajstić information content (AvgIpc) is 2.64. The smallest absolute Gasteiger partial charge is 0.201 e. The van der Waals surface area contributed by atoms with Crippen molar-refractivity contribution in [2.24, 2.45) is 5.92 Å². The summed E-state index contributed by atoms with van der Waals surface area (Å²) in [6.07, 6.45) is 4.15. The fourth-order valence-electron chi connectivity index (χ4n) is 3.38. The van der Waals surface area contributed by atoms with Crippen molar-refractivity contribution < 1.29 is 13.5 Å². The van der Waals surface area contributed by atoms with Gasteiger partial charge >= 0.3 is 0 Å². The Hall–Kier alpha value is -2.34. The van der Waals surface area contributed by atoms with Gasteiger partial charge in [-0.2, -0.15) is 4.39 Å². The van der Waals surface area contributed by atoms with Gasteiger partial charge < -0.3 is 4.74 Å². The molecule has 0 N–H and O–H groups in total. The van der Waals surface area contributed by atoms with Gasteiger partial charge in [-0.05, 0) is 56.2 Å². The quantitative estimate of drug-likeness (QED) is 0.646. The molecular formula is C22H22F2O. The first kappa shape index (κ1) is 17.5. The lowest BCUT2D eigenvalue weighted by Gasteiger charge is -2.26. The van der Waals surface area contributed by atoms with E-state index in [1.807, 2.05) is 0 Å². The van der Waals surface area contributed by atoms with Crippen molar-refractivity contribution >= 4 is 0 Å². The molecule has 0 amide bonds. The van der Waals surface area contributed by atoms with E-state index in [0.717, 1.165) is 25.7 Å². The maximum absolute atomic E-state index is 14.0. The van der Waals surface area contributed by atoms with E-state index in [2.05, 4.69) is 43.0 Å². The van der Waals surface area contributed by atoms with Gasteiger partial charge in [-0.3, -0.25) is 0 Å². The summed E-state index contributed by atoms with van der Waals surface area (Å²) in [5.41, 5.74) is 2.76. The van der Waals surface area contributed by atoms with Crippen LogP contribution in [0, 0.1) is 36.3 Å². The lowest BCUT2D eigenvalue weighted by Crippen LogP contribution is -2.12. The highest BCUT2D eigenvalue weighted by Crippen LogP contribution is 2.35. The number of benzene rings is 2. The first-order chi connectivity index (χ1) is 12.1. The molecule has 0 bridgehead atoms. The van der Waals surface area contributed by atoms with E-state index < -0.39 is 11.6 Å². The van der Waals surface area contributed by atoms with Crippen LogP contribution in [0.3, 0.4) is 0 Å². The van der Waals surface area contributed by atoms with Crippen molar-refractivity contribution in [3.8, 4) is 17.6 Å². The van der Waals surface area contributed by atoms with E-state index in [1.165, 1.54) is 30.4 Å². The number of methoxy groups -OCH3 is 1. The highest BCUT2D eigenvalue weighted by molar-refractivity contribution is 5.41. The summed E-state index contributed by atoms with van der Waals surface area (Å²) in [7, 11) is 1.32. The van der Waals surface area contributed by atoms with Crippen LogP contribution < -0.4 is 4.74 Å². The highest BCUT2D eigenvalue weighted by atomic mass is 19.2. The van der Waals surface area contributed by atoms with Crippen LogP contribution in [0.4, 0.5) is 8.78 Å². The zero-order valence-corrected chi connectivity index (χ0v) is 14.6. The van der Waals surface area contributed by atoms with Gasteiger partial charge in [0.15, 0.2) is 11.6 Å². The van der Waals surface area contributed by atoms with Gasteiger partial charge in [0, 0.05) is 5.92 Å². The summed E-state index contributed by atoms with van der Waals surface area (Å²) in [5, 5.41) is 0. The molecule has 2 aromatic carbocycles. The molecule has 25 heavy (non-hydrogen) atoms. The number of aryl methyl sites for hydroxylation is 1. The van der Waals surface area contributed by atoms with Crippen LogP contribution >= 0.6 is 0 Å². The maximum Gasteiger partial charge on any atom is 0.201 e. The Morgan fingerprint density at radius 2 is 1.60 bits per heavy atom. The van der Waals surface area contributed by atoms with Crippen LogP contribution in [0.2, 0.25) is 0 Å². The molecule has 1 aliphatic rings. The van der Waals surface area contributed by atoms with Gasteiger partial charge in [-0.15, -0.1) is 0 Å². The van der Waals surface area contributed by atoms with E-state index in [1.54, 1.807) is 0 Å². The van der Waals surface area contributed by atoms with E-state index in [4.69, 9.17) is 4.74 Å². The third kappa shape index (κ3) is 4.02. The summed E-state index contributed by atoms with van der Waals surface area (Å²) >= 11 is 0. The molecule has 0 heterocycles. The highest BCUT2D eigenvalue weighted by Gasteiger charge is 2.21. The van der Waals surface area contributed by atoms with Gasteiger partial charge in [0.05, 0.1) is 12.7 Å². The Bertz CT molecular complexity index is 791. The molecule has 0 saturated heterocycles. The van der Waals surface area contributed by atoms with E-state index in [9.17, 15) is 8.78 Å². The summed E-state index contributed by atoms with van der Waals surface area (Å²) in [5.74, 6) is 4.76. The summed E-state index contributed by atoms with van der Waals surface area (Å²) in [4.78, 5) is 0. The van der Waals surface area contributed by atoms with Gasteiger partial charge in [0.2, 0.25) is 5.82 Å². The van der Waals surface area contributed by atoms with Gasteiger partial charge in [-0.1, -0.05) is 41.7 Å². The summed E-state index contributed by atoms with van der Waals surface area (Å²) in [6, 6.07) is 11.6. The molecule has 3 heteroatoms. The van der Waals surface area contributed by atoms with Crippen LogP contribution in [0.15, 0.2) is 36.4 Å². The standard InChI is InChI=1S/C22H22F2O/c1-15-3-8-17(9-4-15)18-10-5-16(6-11-18)7-12-19-13-14-20(25-2)22(24)21(19)23/h3-4,8-9,13-14,16,18H,5-6,10-11H2,1-2H3/t16-,18-. The van der Waals surface area contributed by atoms with Crippen LogP contribution in [0.25, 0.3) is 0 Å². The monoisotopic (exact) mass is 340 g/mol. The minimum Gasteiger partial charge on any atom is -0.494 e. The van der Waals surface area contributed by atoms with Crippen molar-refractivity contribution in [2.75, 3.05) is 7.11 Å². The van der Waals surface area contributed by atoms with Crippen molar-refractivity contribution in [1.82, 2.24) is 0 Å². The van der Waals surface area contributed by atoms with Gasteiger partial charge in [0.1, 0.15) is 0 Å². The fraction of sp³-hybridized carbons (Fsp3) is 0.364. The van der Waals surface area contributed by atoms with Crippen LogP contribution in [-0.2, 0) is 0 Å². The molecule has 0 radical (unpaired) electrons. The number of rotatable bonds is 2. The van der Waals surface area contributed by atoms with Gasteiger partial charge in [0.25, 0.3) is 0 Å². The molecule has 1 saturated carbocycles. The zero-order valence-electron chi connectivity index (χ0n) is 14.6. The number of ether oxygens (including phenoxy) is 1. The molecule has 3 rings (SSSR count). The molecule has 1 aliphatic carbocycles. The van der Waals surface area contributed by atoms with Gasteiger partial charge in [-0.25, -0.2) is 4.39 Å². The second kappa shape index (κ2) is 7.70. The first-order valence-corrected chi connectivity index (χ1v) is 8.68. The normalized spacial score (nSPS) is 19.8. The number of halogens is 2. The van der Waals surface area contributed by atoms with E-state index in [0.29, 0.717) is 5.92 Å². The lowest BCUT2D eigenvalue weighted by molar-refractivity contribution is 0.371. The first-order valence-electron chi connectivity index (χ1n) is 8.68. The van der Waals surface area contributed by atoms with Crippen molar-refractivity contribution in [3.05, 3.63) is 64.7 Å². The van der Waals surface area contributed by atoms with Crippen LogP contribution in [0.1, 0.15) is 48.3 Å². The summed E-state index contributed by atoms with van der Waals surface area (Å²) in [6.45, 7) is 2.09. The minimum absolute atomic E-state index is 0.0957. The SMILES string of the molecule is COc1ccc(C#C[C@H]2CC[C@H](c3ccc(C)cc3)CC2)c(F)c1F. The molecule has 1 nitrogen and oxygen atoms in total. The second-order valence-electron chi connectivity index (χ2n) is 6.67. The number of hydrogen-bond donors (Lipinski definition) is 0. The lowest BCUT2D eigenvalue weighted by atomic mass is 9.79. The molecule has 0 unspecified atom stereocenters. The predicted octanol–water partition coefficient (Wildman–Crippen LogP) is 5.61. The third-order valence-corrected chi connectivity index (χ3v) is 4.95. The molecule has 0 atom stereocenters. The average molecular weight is 340 g/mol. The number of hydrogen-bond acceptors (Lipinski definition) is 1. The van der Waals surface area contributed by atoms with E-state index in [-0.39, 0.29) is 17.2 Å². The molecule has 0 aromatic heterocycles. The van der Waals surface area contributed by atoms with Crippen molar-refractivity contribution in [2.45, 2.75) is 38.5 Å². The topological polar surface area (TPSA) is 9.23 Å². The Morgan fingerprint density at radius 1 is 0.920 bits per heavy atom. The molecule has 0 aliphatic heterocycles. The van der Waals surface area contributed by atoms with Crippen molar-refractivity contribution in [3.63, 3.8) is 0 Å². The fourth-order valence-corrected chi connectivity index (χ4v) is 3.38. The molecular weight excluding hydrogens is 318 g/mol. The van der Waals surface area contributed by atoms with E-state index >= 15 is 0 Å². The maximum atomic E-state index is 14.0. The molecule has 130 valence electrons. The largest absolute Gasteiger partial charge is 0.494 e. The Kier molecular flexibility index (Phi) is 5.38. The van der Waals surface area contributed by atoms with Crippen LogP contribution in [-0.4, -0.2) is 7.11 Å². The Morgan fingerprint density at radius 3 is 2.24 bits per heavy atom.